The molecule has 0 amide bonds. The Morgan fingerprint density at radius 3 is 2.00 bits per heavy atom. The molecular weight excluding hydrogens is 375 g/mol. The van der Waals surface area contributed by atoms with Gasteiger partial charge in [0.1, 0.15) is 0 Å². The van der Waals surface area contributed by atoms with Crippen LogP contribution in [0.25, 0.3) is 0 Å². The third-order valence-corrected chi connectivity index (χ3v) is 7.86. The normalized spacial score (nSPS) is 43.0. The van der Waals surface area contributed by atoms with E-state index in [2.05, 4.69) is 4.74 Å². The number of carbonyl (C=O) groups is 1. The van der Waals surface area contributed by atoms with Crippen LogP contribution in [-0.2, 0) is 19.6 Å². The lowest BCUT2D eigenvalue weighted by Gasteiger charge is -2.72. The van der Waals surface area contributed by atoms with Gasteiger partial charge in [0, 0.05) is 0 Å². The molecule has 0 aromatic heterocycles. The van der Waals surface area contributed by atoms with Crippen molar-refractivity contribution in [3.05, 3.63) is 0 Å². The van der Waals surface area contributed by atoms with E-state index in [1.54, 1.807) is 0 Å². The monoisotopic (exact) mass is 390 g/mol. The van der Waals surface area contributed by atoms with E-state index >= 15 is 0 Å². The molecule has 5 nitrogen and oxygen atoms in total. The van der Waals surface area contributed by atoms with Crippen LogP contribution in [-0.4, -0.2) is 36.5 Å². The van der Waals surface area contributed by atoms with E-state index in [1.807, 2.05) is 0 Å². The van der Waals surface area contributed by atoms with E-state index < -0.39 is 44.5 Å². The van der Waals surface area contributed by atoms with E-state index in [9.17, 15) is 35.2 Å². The van der Waals surface area contributed by atoms with Crippen molar-refractivity contribution in [2.24, 2.45) is 28.6 Å². The summed E-state index contributed by atoms with van der Waals surface area (Å²) in [6.07, 6.45) is -7.04. The van der Waals surface area contributed by atoms with Gasteiger partial charge in [0.25, 0.3) is 6.10 Å². The summed E-state index contributed by atoms with van der Waals surface area (Å²) in [5.74, 6) is -0.619. The van der Waals surface area contributed by atoms with Crippen molar-refractivity contribution in [3.63, 3.8) is 0 Å². The Hall–Kier alpha value is -0.970. The first-order chi connectivity index (χ1) is 11.3. The Morgan fingerprint density at radius 1 is 1.08 bits per heavy atom. The molecule has 0 aromatic rings. The lowest BCUT2D eigenvalue weighted by atomic mass is 9.30. The van der Waals surface area contributed by atoms with Crippen LogP contribution < -0.4 is 0 Å². The maximum absolute atomic E-state index is 13.6. The largest absolute Gasteiger partial charge is 0.444 e. The fourth-order valence-corrected chi connectivity index (χ4v) is 6.67. The lowest BCUT2D eigenvalue weighted by Crippen LogP contribution is -2.72. The average Bonchev–Trinajstić information content (AvgIpc) is 2.92. The van der Waals surface area contributed by atoms with Gasteiger partial charge >= 0.3 is 27.5 Å². The first-order valence-electron chi connectivity index (χ1n) is 7.88. The second-order valence-corrected chi connectivity index (χ2v) is 9.32. The zero-order valence-corrected chi connectivity index (χ0v) is 13.5. The minimum Gasteiger partial charge on any atom is -0.444 e. The molecule has 4 rings (SSSR count). The Morgan fingerprint density at radius 2 is 1.60 bits per heavy atom. The second-order valence-electron chi connectivity index (χ2n) is 7.83. The van der Waals surface area contributed by atoms with Gasteiger partial charge in [-0.05, 0) is 55.3 Å². The summed E-state index contributed by atoms with van der Waals surface area (Å²) in [6, 6.07) is 0. The van der Waals surface area contributed by atoms with Crippen molar-refractivity contribution in [3.8, 4) is 0 Å². The predicted octanol–water partition coefficient (Wildman–Crippen LogP) is 2.77. The van der Waals surface area contributed by atoms with Gasteiger partial charge in [-0.15, -0.1) is 0 Å². The fourth-order valence-electron chi connectivity index (χ4n) is 6.22. The molecule has 0 aliphatic heterocycles. The van der Waals surface area contributed by atoms with Crippen LogP contribution in [0.1, 0.15) is 32.1 Å². The SMILES string of the molecule is O=C(OC(C(F)(F)F)C(F)(F)S(=O)(=O)O)C12CC3CC4CC(C1)C32C4. The Labute approximate surface area is 139 Å². The van der Waals surface area contributed by atoms with Crippen LogP contribution in [0.15, 0.2) is 0 Å². The van der Waals surface area contributed by atoms with Crippen molar-refractivity contribution in [1.82, 2.24) is 0 Å². The molecule has 1 N–H and O–H groups in total. The molecule has 4 aliphatic rings. The third kappa shape index (κ3) is 1.86. The van der Waals surface area contributed by atoms with E-state index in [0.717, 1.165) is 12.8 Å². The van der Waals surface area contributed by atoms with Gasteiger partial charge in [0.2, 0.25) is 0 Å². The summed E-state index contributed by atoms with van der Waals surface area (Å²) in [6.45, 7) is 0. The van der Waals surface area contributed by atoms with Crippen LogP contribution in [0.5, 0.6) is 0 Å². The molecule has 3 atom stereocenters. The topological polar surface area (TPSA) is 80.7 Å². The number of fused-ring (bicyclic) bond motifs is 1. The van der Waals surface area contributed by atoms with Crippen LogP contribution in [0.3, 0.4) is 0 Å². The number of ether oxygens (including phenoxy) is 1. The first kappa shape index (κ1) is 17.4. The number of alkyl halides is 5. The summed E-state index contributed by atoms with van der Waals surface area (Å²) < 4.78 is 99.9. The lowest BCUT2D eigenvalue weighted by molar-refractivity contribution is -0.296. The van der Waals surface area contributed by atoms with Crippen molar-refractivity contribution in [1.29, 1.82) is 0 Å². The fraction of sp³-hybridized carbons (Fsp3) is 0.929. The highest BCUT2D eigenvalue weighted by Gasteiger charge is 2.84. The number of hydrogen-bond donors (Lipinski definition) is 1. The number of halogens is 5. The van der Waals surface area contributed by atoms with E-state index in [-0.39, 0.29) is 11.8 Å². The molecule has 0 aromatic carbocycles. The molecule has 4 fully saturated rings. The summed E-state index contributed by atoms with van der Waals surface area (Å²) in [7, 11) is -6.41. The van der Waals surface area contributed by atoms with E-state index in [0.29, 0.717) is 25.2 Å². The molecule has 1 spiro atoms. The quantitative estimate of drug-likeness (QED) is 0.454. The van der Waals surface area contributed by atoms with Gasteiger partial charge in [-0.25, -0.2) is 0 Å². The number of esters is 1. The van der Waals surface area contributed by atoms with Gasteiger partial charge in [-0.2, -0.15) is 30.4 Å². The molecule has 2 bridgehead atoms. The molecule has 0 saturated heterocycles. The highest BCUT2D eigenvalue weighted by Crippen LogP contribution is 2.87. The highest BCUT2D eigenvalue weighted by atomic mass is 32.2. The Kier molecular flexibility index (Phi) is 3.12. The maximum Gasteiger partial charge on any atom is 0.432 e. The van der Waals surface area contributed by atoms with E-state index in [4.69, 9.17) is 4.55 Å². The average molecular weight is 390 g/mol. The molecule has 4 aliphatic carbocycles. The molecule has 25 heavy (non-hydrogen) atoms. The molecule has 0 heterocycles. The minimum absolute atomic E-state index is 0.198. The van der Waals surface area contributed by atoms with Gasteiger partial charge in [-0.1, -0.05) is 0 Å². The van der Waals surface area contributed by atoms with Crippen LogP contribution in [0, 0.1) is 28.6 Å². The molecule has 11 heteroatoms. The van der Waals surface area contributed by atoms with Crippen molar-refractivity contribution in [2.75, 3.05) is 0 Å². The Bertz CT molecular complexity index is 729. The molecule has 3 unspecified atom stereocenters. The molecular formula is C14H15F5O5S. The standard InChI is InChI=1S/C14H15F5O5S/c15-13(16,17)9(14(18,19)25(21,22)23)24-10(20)11-4-7-1-6-2-8(5-11)12(7,11)3-6/h6-9H,1-5H2,(H,21,22,23). The number of carbonyl (C=O) groups excluding carboxylic acids is 1. The van der Waals surface area contributed by atoms with Crippen molar-refractivity contribution < 1.29 is 44.5 Å². The van der Waals surface area contributed by atoms with Crippen LogP contribution in [0.4, 0.5) is 22.0 Å². The minimum atomic E-state index is -6.41. The molecule has 0 radical (unpaired) electrons. The second kappa shape index (κ2) is 4.47. The van der Waals surface area contributed by atoms with E-state index in [1.165, 1.54) is 0 Å². The Balaban J connectivity index is 1.61. The smallest absolute Gasteiger partial charge is 0.432 e. The van der Waals surface area contributed by atoms with Gasteiger partial charge in [0.05, 0.1) is 5.41 Å². The summed E-state index contributed by atoms with van der Waals surface area (Å²) in [4.78, 5) is 12.4. The van der Waals surface area contributed by atoms with Crippen LogP contribution in [0.2, 0.25) is 0 Å². The zero-order valence-electron chi connectivity index (χ0n) is 12.7. The van der Waals surface area contributed by atoms with Gasteiger partial charge in [-0.3, -0.25) is 9.35 Å². The van der Waals surface area contributed by atoms with Gasteiger partial charge in [0.15, 0.2) is 0 Å². The third-order valence-electron chi connectivity index (χ3n) is 6.96. The molecule has 142 valence electrons. The van der Waals surface area contributed by atoms with Crippen molar-refractivity contribution >= 4 is 16.1 Å². The van der Waals surface area contributed by atoms with Crippen LogP contribution >= 0.6 is 0 Å². The summed E-state index contributed by atoms with van der Waals surface area (Å²) >= 11 is 0. The van der Waals surface area contributed by atoms with Crippen molar-refractivity contribution in [2.45, 2.75) is 49.6 Å². The first-order valence-corrected chi connectivity index (χ1v) is 9.32. The zero-order chi connectivity index (χ0) is 18.6. The maximum atomic E-state index is 13.6. The summed E-state index contributed by atoms with van der Waals surface area (Å²) in [5.41, 5.74) is -1.68. The van der Waals surface area contributed by atoms with Gasteiger partial charge < -0.3 is 4.74 Å². The number of hydrogen-bond acceptors (Lipinski definition) is 4. The number of rotatable bonds is 4. The predicted molar refractivity (Wildman–Crippen MR) is 70.9 cm³/mol. The molecule has 4 saturated carbocycles. The highest BCUT2D eigenvalue weighted by molar-refractivity contribution is 7.86. The summed E-state index contributed by atoms with van der Waals surface area (Å²) in [5, 5.41) is -5.67.